The summed E-state index contributed by atoms with van der Waals surface area (Å²) in [6.45, 7) is 3.97. The standard InChI is InChI=1S/C19H22ClNO2S/c1-4-18(14-5-9-16(23-3)10-6-14)21-19(22)13(2)24-17-11-7-15(20)8-12-17/h5-13,18H,4H2,1-3H3,(H,21,22). The minimum Gasteiger partial charge on any atom is -0.497 e. The third-order valence-electron chi connectivity index (χ3n) is 3.74. The maximum absolute atomic E-state index is 12.5. The van der Waals surface area contributed by atoms with Crippen molar-refractivity contribution in [3.63, 3.8) is 0 Å². The molecule has 0 spiro atoms. The van der Waals surface area contributed by atoms with Gasteiger partial charge in [0.2, 0.25) is 5.91 Å². The molecule has 0 fully saturated rings. The normalized spacial score (nSPS) is 13.2. The molecule has 128 valence electrons. The molecule has 2 unspecified atom stereocenters. The molecule has 5 heteroatoms. The lowest BCUT2D eigenvalue weighted by Gasteiger charge is -2.20. The van der Waals surface area contributed by atoms with Gasteiger partial charge < -0.3 is 10.1 Å². The van der Waals surface area contributed by atoms with E-state index in [0.29, 0.717) is 5.02 Å². The van der Waals surface area contributed by atoms with E-state index in [1.165, 1.54) is 11.8 Å². The fourth-order valence-corrected chi connectivity index (χ4v) is 3.32. The van der Waals surface area contributed by atoms with Crippen molar-refractivity contribution in [2.24, 2.45) is 0 Å². The molecule has 0 saturated carbocycles. The van der Waals surface area contributed by atoms with Crippen molar-refractivity contribution in [3.05, 3.63) is 59.1 Å². The van der Waals surface area contributed by atoms with Crippen molar-refractivity contribution in [1.82, 2.24) is 5.32 Å². The van der Waals surface area contributed by atoms with E-state index in [9.17, 15) is 4.79 Å². The summed E-state index contributed by atoms with van der Waals surface area (Å²) in [5.74, 6) is 0.837. The van der Waals surface area contributed by atoms with E-state index < -0.39 is 0 Å². The van der Waals surface area contributed by atoms with Crippen LogP contribution in [0.1, 0.15) is 31.9 Å². The molecule has 0 aliphatic rings. The van der Waals surface area contributed by atoms with Crippen molar-refractivity contribution in [2.75, 3.05) is 7.11 Å². The van der Waals surface area contributed by atoms with Gasteiger partial charge in [0.15, 0.2) is 0 Å². The third-order valence-corrected chi connectivity index (χ3v) is 5.10. The number of halogens is 1. The van der Waals surface area contributed by atoms with E-state index in [0.717, 1.165) is 22.6 Å². The van der Waals surface area contributed by atoms with Crippen LogP contribution < -0.4 is 10.1 Å². The quantitative estimate of drug-likeness (QED) is 0.696. The van der Waals surface area contributed by atoms with Crippen molar-refractivity contribution >= 4 is 29.3 Å². The first-order chi connectivity index (χ1) is 11.5. The molecule has 0 aliphatic heterocycles. The summed E-state index contributed by atoms with van der Waals surface area (Å²) >= 11 is 7.41. The topological polar surface area (TPSA) is 38.3 Å². The number of methoxy groups -OCH3 is 1. The number of carbonyl (C=O) groups excluding carboxylic acids is 1. The Morgan fingerprint density at radius 1 is 1.17 bits per heavy atom. The Morgan fingerprint density at radius 2 is 1.79 bits per heavy atom. The van der Waals surface area contributed by atoms with Gasteiger partial charge in [-0.1, -0.05) is 30.7 Å². The second-order valence-electron chi connectivity index (χ2n) is 5.46. The molecule has 1 amide bonds. The molecule has 0 heterocycles. The van der Waals surface area contributed by atoms with Gasteiger partial charge in [-0.25, -0.2) is 0 Å². The summed E-state index contributed by atoms with van der Waals surface area (Å²) in [7, 11) is 1.64. The van der Waals surface area contributed by atoms with Crippen molar-refractivity contribution in [3.8, 4) is 5.75 Å². The largest absolute Gasteiger partial charge is 0.497 e. The Balaban J connectivity index is 1.98. The fraction of sp³-hybridized carbons (Fsp3) is 0.316. The molecule has 2 aromatic carbocycles. The molecule has 0 aliphatic carbocycles. The number of nitrogens with one attached hydrogen (secondary N) is 1. The smallest absolute Gasteiger partial charge is 0.233 e. The third kappa shape index (κ3) is 5.18. The van der Waals surface area contributed by atoms with E-state index in [2.05, 4.69) is 12.2 Å². The van der Waals surface area contributed by atoms with Crippen LogP contribution in [0.25, 0.3) is 0 Å². The van der Waals surface area contributed by atoms with Gasteiger partial charge >= 0.3 is 0 Å². The molecule has 0 aromatic heterocycles. The Bertz CT molecular complexity index is 658. The van der Waals surface area contributed by atoms with Crippen LogP contribution in [-0.4, -0.2) is 18.3 Å². The molecule has 0 bridgehead atoms. The number of carbonyl (C=O) groups is 1. The van der Waals surface area contributed by atoms with E-state index in [4.69, 9.17) is 16.3 Å². The highest BCUT2D eigenvalue weighted by Gasteiger charge is 2.19. The maximum atomic E-state index is 12.5. The zero-order chi connectivity index (χ0) is 17.5. The van der Waals surface area contributed by atoms with Crippen molar-refractivity contribution < 1.29 is 9.53 Å². The Labute approximate surface area is 152 Å². The lowest BCUT2D eigenvalue weighted by atomic mass is 10.0. The first kappa shape index (κ1) is 18.7. The number of hydrogen-bond donors (Lipinski definition) is 1. The Hall–Kier alpha value is -1.65. The second-order valence-corrected chi connectivity index (χ2v) is 7.31. The monoisotopic (exact) mass is 363 g/mol. The fourth-order valence-electron chi connectivity index (χ4n) is 2.32. The van der Waals surface area contributed by atoms with Gasteiger partial charge in [-0.2, -0.15) is 0 Å². The van der Waals surface area contributed by atoms with Gasteiger partial charge in [0.1, 0.15) is 5.75 Å². The van der Waals surface area contributed by atoms with Crippen LogP contribution in [0.5, 0.6) is 5.75 Å². The first-order valence-electron chi connectivity index (χ1n) is 7.90. The summed E-state index contributed by atoms with van der Waals surface area (Å²) in [4.78, 5) is 13.5. The molecular weight excluding hydrogens is 342 g/mol. The minimum absolute atomic E-state index is 0.00308. The molecule has 1 N–H and O–H groups in total. The Morgan fingerprint density at radius 3 is 2.33 bits per heavy atom. The van der Waals surface area contributed by atoms with Gasteiger partial charge in [-0.3, -0.25) is 4.79 Å². The molecule has 24 heavy (non-hydrogen) atoms. The average Bonchev–Trinajstić information content (AvgIpc) is 2.61. The molecule has 3 nitrogen and oxygen atoms in total. The molecule has 2 rings (SSSR count). The zero-order valence-electron chi connectivity index (χ0n) is 14.1. The van der Waals surface area contributed by atoms with E-state index in [1.54, 1.807) is 7.11 Å². The number of ether oxygens (including phenoxy) is 1. The number of hydrogen-bond acceptors (Lipinski definition) is 3. The van der Waals surface area contributed by atoms with E-state index in [1.807, 2.05) is 55.5 Å². The van der Waals surface area contributed by atoms with E-state index in [-0.39, 0.29) is 17.2 Å². The summed E-state index contributed by atoms with van der Waals surface area (Å²) in [6.07, 6.45) is 0.830. The van der Waals surface area contributed by atoms with Crippen LogP contribution >= 0.6 is 23.4 Å². The summed E-state index contributed by atoms with van der Waals surface area (Å²) in [5.41, 5.74) is 1.08. The van der Waals surface area contributed by atoms with Crippen LogP contribution in [0.4, 0.5) is 0 Å². The summed E-state index contributed by atoms with van der Waals surface area (Å²) in [6, 6.07) is 15.3. The lowest BCUT2D eigenvalue weighted by Crippen LogP contribution is -2.34. The second kappa shape index (κ2) is 9.00. The molecule has 0 radical (unpaired) electrons. The number of thioether (sulfide) groups is 1. The van der Waals surface area contributed by atoms with Gasteiger partial charge in [-0.05, 0) is 55.3 Å². The van der Waals surface area contributed by atoms with Crippen LogP contribution in [-0.2, 0) is 4.79 Å². The van der Waals surface area contributed by atoms with Crippen LogP contribution in [0.3, 0.4) is 0 Å². The van der Waals surface area contributed by atoms with Crippen LogP contribution in [0, 0.1) is 0 Å². The van der Waals surface area contributed by atoms with Gasteiger partial charge in [0.05, 0.1) is 18.4 Å². The highest BCUT2D eigenvalue weighted by Crippen LogP contribution is 2.26. The van der Waals surface area contributed by atoms with Gasteiger partial charge in [0, 0.05) is 9.92 Å². The number of benzene rings is 2. The SMILES string of the molecule is CCC(NC(=O)C(C)Sc1ccc(Cl)cc1)c1ccc(OC)cc1. The lowest BCUT2D eigenvalue weighted by molar-refractivity contribution is -0.121. The summed E-state index contributed by atoms with van der Waals surface area (Å²) in [5, 5.41) is 3.64. The minimum atomic E-state index is -0.182. The number of amides is 1. The zero-order valence-corrected chi connectivity index (χ0v) is 15.7. The highest BCUT2D eigenvalue weighted by molar-refractivity contribution is 8.00. The van der Waals surface area contributed by atoms with Gasteiger partial charge in [0.25, 0.3) is 0 Å². The number of rotatable bonds is 7. The predicted octanol–water partition coefficient (Wildman–Crippen LogP) is 5.10. The van der Waals surface area contributed by atoms with E-state index >= 15 is 0 Å². The van der Waals surface area contributed by atoms with Crippen LogP contribution in [0.2, 0.25) is 5.02 Å². The van der Waals surface area contributed by atoms with Gasteiger partial charge in [-0.15, -0.1) is 11.8 Å². The first-order valence-corrected chi connectivity index (χ1v) is 9.15. The van der Waals surface area contributed by atoms with Crippen LogP contribution in [0.15, 0.2) is 53.4 Å². The molecule has 2 atom stereocenters. The van der Waals surface area contributed by atoms with Crippen molar-refractivity contribution in [1.29, 1.82) is 0 Å². The average molecular weight is 364 g/mol. The predicted molar refractivity (Wildman–Crippen MR) is 101 cm³/mol. The molecular formula is C19H22ClNO2S. The summed E-state index contributed by atoms with van der Waals surface area (Å²) < 4.78 is 5.18. The molecule has 0 saturated heterocycles. The highest BCUT2D eigenvalue weighted by atomic mass is 35.5. The molecule has 2 aromatic rings. The van der Waals surface area contributed by atoms with Crippen molar-refractivity contribution in [2.45, 2.75) is 36.5 Å². The Kier molecular flexibility index (Phi) is 7.00. The maximum Gasteiger partial charge on any atom is 0.233 e.